The van der Waals surface area contributed by atoms with Crippen LogP contribution in [0.1, 0.15) is 36.5 Å². The van der Waals surface area contributed by atoms with Gasteiger partial charge in [-0.25, -0.2) is 8.42 Å². The quantitative estimate of drug-likeness (QED) is 0.294. The maximum atomic E-state index is 14.1. The number of sulfonamides is 1. The standard InChI is InChI=1S/C31H39N3O5S/c1-5-6-18-32-31(36)29(20-25-13-8-7-9-14-25)33(22-26-15-10-12-24(2)19-26)30(35)23-34(40(4,37)38)27-16-11-17-28(21-27)39-3/h7-17,19,21,29H,5-6,18,20,22-23H2,1-4H3,(H,32,36)/t29-/m0/s1. The predicted molar refractivity (Wildman–Crippen MR) is 159 cm³/mol. The zero-order chi connectivity index (χ0) is 29.1. The zero-order valence-electron chi connectivity index (χ0n) is 23.7. The van der Waals surface area contributed by atoms with Crippen LogP contribution in [0.2, 0.25) is 0 Å². The van der Waals surface area contributed by atoms with Crippen LogP contribution >= 0.6 is 0 Å². The molecule has 0 saturated heterocycles. The molecule has 40 heavy (non-hydrogen) atoms. The molecule has 3 aromatic rings. The molecule has 0 aliphatic carbocycles. The molecular formula is C31H39N3O5S. The average molecular weight is 566 g/mol. The summed E-state index contributed by atoms with van der Waals surface area (Å²) in [6, 6.07) is 22.9. The Bertz CT molecular complexity index is 1380. The summed E-state index contributed by atoms with van der Waals surface area (Å²) in [4.78, 5) is 29.2. The summed E-state index contributed by atoms with van der Waals surface area (Å²) in [5.41, 5.74) is 3.07. The number of carbonyl (C=O) groups is 2. The number of unbranched alkanes of at least 4 members (excludes halogenated alkanes) is 1. The summed E-state index contributed by atoms with van der Waals surface area (Å²) in [6.07, 6.45) is 3.07. The first-order valence-electron chi connectivity index (χ1n) is 13.4. The van der Waals surface area contributed by atoms with Gasteiger partial charge in [0.1, 0.15) is 18.3 Å². The van der Waals surface area contributed by atoms with E-state index in [1.54, 1.807) is 24.3 Å². The summed E-state index contributed by atoms with van der Waals surface area (Å²) in [6.45, 7) is 4.18. The predicted octanol–water partition coefficient (Wildman–Crippen LogP) is 4.33. The van der Waals surface area contributed by atoms with Crippen LogP contribution in [0.4, 0.5) is 5.69 Å². The highest BCUT2D eigenvalue weighted by molar-refractivity contribution is 7.92. The van der Waals surface area contributed by atoms with Gasteiger partial charge in [0.15, 0.2) is 0 Å². The molecule has 3 aromatic carbocycles. The van der Waals surface area contributed by atoms with Crippen LogP contribution in [-0.4, -0.2) is 57.6 Å². The van der Waals surface area contributed by atoms with E-state index in [-0.39, 0.29) is 18.9 Å². The van der Waals surface area contributed by atoms with E-state index in [0.717, 1.165) is 40.1 Å². The molecular weight excluding hydrogens is 526 g/mol. The summed E-state index contributed by atoms with van der Waals surface area (Å²) in [7, 11) is -2.35. The Morgan fingerprint density at radius 2 is 1.65 bits per heavy atom. The van der Waals surface area contributed by atoms with E-state index in [0.29, 0.717) is 18.0 Å². The van der Waals surface area contributed by atoms with E-state index in [2.05, 4.69) is 5.32 Å². The fourth-order valence-corrected chi connectivity index (χ4v) is 5.29. The largest absolute Gasteiger partial charge is 0.497 e. The van der Waals surface area contributed by atoms with Crippen molar-refractivity contribution in [3.05, 3.63) is 95.6 Å². The second-order valence-electron chi connectivity index (χ2n) is 9.83. The molecule has 8 nitrogen and oxygen atoms in total. The first-order valence-corrected chi connectivity index (χ1v) is 15.3. The number of rotatable bonds is 14. The first-order chi connectivity index (χ1) is 19.1. The molecule has 2 amide bonds. The number of hydrogen-bond donors (Lipinski definition) is 1. The van der Waals surface area contributed by atoms with Gasteiger partial charge in [0, 0.05) is 25.6 Å². The highest BCUT2D eigenvalue weighted by atomic mass is 32.2. The van der Waals surface area contributed by atoms with Crippen LogP contribution < -0.4 is 14.4 Å². The number of methoxy groups -OCH3 is 1. The maximum absolute atomic E-state index is 14.1. The van der Waals surface area contributed by atoms with E-state index < -0.39 is 28.5 Å². The van der Waals surface area contributed by atoms with Gasteiger partial charge in [-0.3, -0.25) is 13.9 Å². The van der Waals surface area contributed by atoms with Crippen LogP contribution in [-0.2, 0) is 32.6 Å². The van der Waals surface area contributed by atoms with Crippen LogP contribution in [0.5, 0.6) is 5.75 Å². The van der Waals surface area contributed by atoms with E-state index in [1.165, 1.54) is 12.0 Å². The fraction of sp³-hybridized carbons (Fsp3) is 0.355. The zero-order valence-corrected chi connectivity index (χ0v) is 24.5. The Morgan fingerprint density at radius 1 is 0.950 bits per heavy atom. The normalized spacial score (nSPS) is 11.9. The van der Waals surface area contributed by atoms with Gasteiger partial charge >= 0.3 is 0 Å². The van der Waals surface area contributed by atoms with E-state index in [9.17, 15) is 18.0 Å². The molecule has 9 heteroatoms. The van der Waals surface area contributed by atoms with Crippen molar-refractivity contribution in [2.45, 2.75) is 45.7 Å². The second kappa shape index (κ2) is 14.5. The van der Waals surface area contributed by atoms with E-state index in [4.69, 9.17) is 4.74 Å². The van der Waals surface area contributed by atoms with Crippen molar-refractivity contribution < 1.29 is 22.7 Å². The minimum Gasteiger partial charge on any atom is -0.497 e. The molecule has 0 fully saturated rings. The molecule has 0 heterocycles. The molecule has 3 rings (SSSR count). The lowest BCUT2D eigenvalue weighted by Gasteiger charge is -2.33. The molecule has 0 unspecified atom stereocenters. The molecule has 1 N–H and O–H groups in total. The Labute approximate surface area is 238 Å². The van der Waals surface area contributed by atoms with E-state index >= 15 is 0 Å². The fourth-order valence-electron chi connectivity index (χ4n) is 4.45. The average Bonchev–Trinajstić information content (AvgIpc) is 2.93. The number of anilines is 1. The van der Waals surface area contributed by atoms with Crippen LogP contribution in [0.25, 0.3) is 0 Å². The molecule has 0 radical (unpaired) electrons. The highest BCUT2D eigenvalue weighted by Crippen LogP contribution is 2.24. The smallest absolute Gasteiger partial charge is 0.244 e. The van der Waals surface area contributed by atoms with Gasteiger partial charge in [-0.2, -0.15) is 0 Å². The number of benzene rings is 3. The van der Waals surface area contributed by atoms with Crippen molar-refractivity contribution in [1.82, 2.24) is 10.2 Å². The highest BCUT2D eigenvalue weighted by Gasteiger charge is 2.33. The van der Waals surface area contributed by atoms with Crippen molar-refractivity contribution in [3.8, 4) is 5.75 Å². The van der Waals surface area contributed by atoms with Gasteiger partial charge in [0.05, 0.1) is 19.1 Å². The van der Waals surface area contributed by atoms with Crippen molar-refractivity contribution in [2.75, 3.05) is 30.8 Å². The van der Waals surface area contributed by atoms with E-state index in [1.807, 2.05) is 68.4 Å². The number of nitrogens with one attached hydrogen (secondary N) is 1. The number of carbonyl (C=O) groups excluding carboxylic acids is 2. The number of amides is 2. The van der Waals surface area contributed by atoms with Crippen LogP contribution in [0.3, 0.4) is 0 Å². The van der Waals surface area contributed by atoms with Crippen molar-refractivity contribution in [2.24, 2.45) is 0 Å². The number of nitrogens with zero attached hydrogens (tertiary/aromatic N) is 2. The van der Waals surface area contributed by atoms with Crippen molar-refractivity contribution in [1.29, 1.82) is 0 Å². The number of hydrogen-bond acceptors (Lipinski definition) is 5. The van der Waals surface area contributed by atoms with Gasteiger partial charge in [0.25, 0.3) is 0 Å². The molecule has 0 saturated carbocycles. The molecule has 0 aliphatic rings. The van der Waals surface area contributed by atoms with Gasteiger partial charge in [-0.15, -0.1) is 0 Å². The Kier molecular flexibility index (Phi) is 11.1. The first kappa shape index (κ1) is 30.7. The third-order valence-electron chi connectivity index (χ3n) is 6.56. The lowest BCUT2D eigenvalue weighted by atomic mass is 10.0. The minimum atomic E-state index is -3.84. The number of aryl methyl sites for hydroxylation is 1. The Morgan fingerprint density at radius 3 is 2.30 bits per heavy atom. The summed E-state index contributed by atoms with van der Waals surface area (Å²) in [5, 5.41) is 2.99. The third kappa shape index (κ3) is 8.84. The third-order valence-corrected chi connectivity index (χ3v) is 7.70. The molecule has 0 aliphatic heterocycles. The SMILES string of the molecule is CCCCNC(=O)[C@H](Cc1ccccc1)N(Cc1cccc(C)c1)C(=O)CN(c1cccc(OC)c1)S(C)(=O)=O. The Hall–Kier alpha value is -3.85. The maximum Gasteiger partial charge on any atom is 0.244 e. The molecule has 1 atom stereocenters. The van der Waals surface area contributed by atoms with Gasteiger partial charge in [0.2, 0.25) is 21.8 Å². The van der Waals surface area contributed by atoms with Crippen LogP contribution in [0.15, 0.2) is 78.9 Å². The molecule has 0 bridgehead atoms. The second-order valence-corrected chi connectivity index (χ2v) is 11.7. The number of ether oxygens (including phenoxy) is 1. The van der Waals surface area contributed by atoms with Gasteiger partial charge in [-0.1, -0.05) is 79.6 Å². The van der Waals surface area contributed by atoms with Crippen molar-refractivity contribution in [3.63, 3.8) is 0 Å². The molecule has 0 aromatic heterocycles. The summed E-state index contributed by atoms with van der Waals surface area (Å²) in [5.74, 6) is -0.292. The lowest BCUT2D eigenvalue weighted by molar-refractivity contribution is -0.140. The molecule has 214 valence electrons. The van der Waals surface area contributed by atoms with Gasteiger partial charge < -0.3 is 15.0 Å². The monoisotopic (exact) mass is 565 g/mol. The summed E-state index contributed by atoms with van der Waals surface area (Å²) < 4.78 is 32.1. The summed E-state index contributed by atoms with van der Waals surface area (Å²) >= 11 is 0. The van der Waals surface area contributed by atoms with Crippen LogP contribution in [0, 0.1) is 6.92 Å². The minimum absolute atomic E-state index is 0.148. The molecule has 0 spiro atoms. The Balaban J connectivity index is 2.04. The van der Waals surface area contributed by atoms with Gasteiger partial charge in [-0.05, 0) is 36.6 Å². The topological polar surface area (TPSA) is 96.0 Å². The van der Waals surface area contributed by atoms with Crippen molar-refractivity contribution >= 4 is 27.5 Å². The lowest BCUT2D eigenvalue weighted by Crippen LogP contribution is -2.53.